The van der Waals surface area contributed by atoms with Crippen molar-refractivity contribution in [2.45, 2.75) is 11.3 Å². The maximum Gasteiger partial charge on any atom is 0.242 e. The van der Waals surface area contributed by atoms with Crippen LogP contribution in [0.1, 0.15) is 6.42 Å². The fourth-order valence-electron chi connectivity index (χ4n) is 1.27. The summed E-state index contributed by atoms with van der Waals surface area (Å²) in [6, 6.07) is 1.39. The molecule has 17 heavy (non-hydrogen) atoms. The van der Waals surface area contributed by atoms with E-state index in [4.69, 9.17) is 5.73 Å². The minimum Gasteiger partial charge on any atom is -0.397 e. The Hall–Kier alpha value is -1.18. The van der Waals surface area contributed by atoms with E-state index in [2.05, 4.69) is 9.71 Å². The number of hydrogen-bond acceptors (Lipinski definition) is 5. The Labute approximate surface area is 102 Å². The second kappa shape index (κ2) is 5.95. The minimum absolute atomic E-state index is 0.0994. The second-order valence-electron chi connectivity index (χ2n) is 4.01. The topological polar surface area (TPSA) is 88.3 Å². The number of hydrogen-bond donors (Lipinski definition) is 2. The SMILES string of the molecule is CN(C)CCCNS(=O)(=O)c1cncc(N)c1. The van der Waals surface area contributed by atoms with E-state index in [-0.39, 0.29) is 4.90 Å². The second-order valence-corrected chi connectivity index (χ2v) is 5.78. The molecule has 0 atom stereocenters. The molecule has 1 heterocycles. The lowest BCUT2D eigenvalue weighted by Gasteiger charge is -2.10. The van der Waals surface area contributed by atoms with Gasteiger partial charge in [-0.25, -0.2) is 13.1 Å². The molecule has 0 saturated heterocycles. The number of nitrogen functional groups attached to an aromatic ring is 1. The smallest absolute Gasteiger partial charge is 0.242 e. The third-order valence-corrected chi connectivity index (χ3v) is 3.55. The number of nitrogens with two attached hydrogens (primary N) is 1. The van der Waals surface area contributed by atoms with Crippen LogP contribution in [-0.2, 0) is 10.0 Å². The number of pyridine rings is 1. The summed E-state index contributed by atoms with van der Waals surface area (Å²) in [7, 11) is 0.390. The Kier molecular flexibility index (Phi) is 4.86. The van der Waals surface area contributed by atoms with Crippen LogP contribution in [-0.4, -0.2) is 45.5 Å². The van der Waals surface area contributed by atoms with Gasteiger partial charge in [0.15, 0.2) is 0 Å². The molecule has 0 spiro atoms. The lowest BCUT2D eigenvalue weighted by molar-refractivity contribution is 0.400. The van der Waals surface area contributed by atoms with Crippen LogP contribution >= 0.6 is 0 Å². The molecule has 0 aromatic carbocycles. The van der Waals surface area contributed by atoms with Crippen LogP contribution in [0.2, 0.25) is 0 Å². The zero-order valence-corrected chi connectivity index (χ0v) is 10.9. The molecule has 0 bridgehead atoms. The summed E-state index contributed by atoms with van der Waals surface area (Å²) in [5, 5.41) is 0. The zero-order valence-electron chi connectivity index (χ0n) is 10.0. The molecule has 1 rings (SSSR count). The van der Waals surface area contributed by atoms with Crippen molar-refractivity contribution in [1.29, 1.82) is 0 Å². The minimum atomic E-state index is -3.49. The summed E-state index contributed by atoms with van der Waals surface area (Å²) in [4.78, 5) is 5.85. The van der Waals surface area contributed by atoms with E-state index in [1.54, 1.807) is 0 Å². The van der Waals surface area contributed by atoms with Gasteiger partial charge in [0.2, 0.25) is 10.0 Å². The molecule has 1 aromatic rings. The van der Waals surface area contributed by atoms with Crippen molar-refractivity contribution in [3.63, 3.8) is 0 Å². The van der Waals surface area contributed by atoms with E-state index in [0.29, 0.717) is 12.2 Å². The number of sulfonamides is 1. The number of nitrogens with one attached hydrogen (secondary N) is 1. The average molecular weight is 258 g/mol. The zero-order chi connectivity index (χ0) is 12.9. The summed E-state index contributed by atoms with van der Waals surface area (Å²) in [5.41, 5.74) is 5.82. The fraction of sp³-hybridized carbons (Fsp3) is 0.500. The van der Waals surface area contributed by atoms with E-state index < -0.39 is 10.0 Å². The first-order valence-electron chi connectivity index (χ1n) is 5.27. The van der Waals surface area contributed by atoms with Crippen LogP contribution in [0, 0.1) is 0 Å². The maximum absolute atomic E-state index is 11.8. The first-order chi connectivity index (χ1) is 7.92. The molecule has 0 fully saturated rings. The average Bonchev–Trinajstić information content (AvgIpc) is 2.24. The Bertz CT molecular complexity index is 459. The number of rotatable bonds is 6. The number of nitrogens with zero attached hydrogens (tertiary/aromatic N) is 2. The first-order valence-corrected chi connectivity index (χ1v) is 6.75. The van der Waals surface area contributed by atoms with Crippen molar-refractivity contribution in [2.24, 2.45) is 0 Å². The van der Waals surface area contributed by atoms with Crippen LogP contribution in [0.3, 0.4) is 0 Å². The standard InChI is InChI=1S/C10H18N4O2S/c1-14(2)5-3-4-13-17(15,16)10-6-9(11)7-12-8-10/h6-8,13H,3-5,11H2,1-2H3. The van der Waals surface area contributed by atoms with E-state index in [1.165, 1.54) is 18.5 Å². The third-order valence-electron chi connectivity index (χ3n) is 2.12. The van der Waals surface area contributed by atoms with Crippen molar-refractivity contribution in [3.05, 3.63) is 18.5 Å². The molecule has 0 radical (unpaired) electrons. The maximum atomic E-state index is 11.8. The van der Waals surface area contributed by atoms with Gasteiger partial charge in [0.25, 0.3) is 0 Å². The number of anilines is 1. The van der Waals surface area contributed by atoms with Crippen LogP contribution < -0.4 is 10.5 Å². The largest absolute Gasteiger partial charge is 0.397 e. The van der Waals surface area contributed by atoms with Crippen molar-refractivity contribution in [2.75, 3.05) is 32.9 Å². The third kappa shape index (κ3) is 4.68. The molecule has 0 aliphatic carbocycles. The number of aromatic nitrogens is 1. The van der Waals surface area contributed by atoms with Crippen LogP contribution in [0.5, 0.6) is 0 Å². The van der Waals surface area contributed by atoms with Crippen LogP contribution in [0.4, 0.5) is 5.69 Å². The molecule has 0 unspecified atom stereocenters. The van der Waals surface area contributed by atoms with Crippen LogP contribution in [0.15, 0.2) is 23.4 Å². The van der Waals surface area contributed by atoms with Gasteiger partial charge in [-0.05, 0) is 33.1 Å². The van der Waals surface area contributed by atoms with Crippen LogP contribution in [0.25, 0.3) is 0 Å². The predicted molar refractivity (Wildman–Crippen MR) is 67.0 cm³/mol. The summed E-state index contributed by atoms with van der Waals surface area (Å²) in [6.07, 6.45) is 3.44. The quantitative estimate of drug-likeness (QED) is 0.695. The van der Waals surface area contributed by atoms with Crippen molar-refractivity contribution in [1.82, 2.24) is 14.6 Å². The summed E-state index contributed by atoms with van der Waals surface area (Å²) < 4.78 is 26.1. The van der Waals surface area contributed by atoms with E-state index in [1.807, 2.05) is 19.0 Å². The van der Waals surface area contributed by atoms with Gasteiger partial charge in [-0.3, -0.25) is 4.98 Å². The van der Waals surface area contributed by atoms with Crippen molar-refractivity contribution >= 4 is 15.7 Å². The van der Waals surface area contributed by atoms with E-state index >= 15 is 0 Å². The van der Waals surface area contributed by atoms with Crippen molar-refractivity contribution in [3.8, 4) is 0 Å². The van der Waals surface area contributed by atoms with Crippen molar-refractivity contribution < 1.29 is 8.42 Å². The fourth-order valence-corrected chi connectivity index (χ4v) is 2.34. The van der Waals surface area contributed by atoms with E-state index in [9.17, 15) is 8.42 Å². The summed E-state index contributed by atoms with van der Waals surface area (Å²) >= 11 is 0. The van der Waals surface area contributed by atoms with E-state index in [0.717, 1.165) is 13.0 Å². The summed E-state index contributed by atoms with van der Waals surface area (Å²) in [6.45, 7) is 1.23. The predicted octanol–water partition coefficient (Wildman–Crippen LogP) is -0.106. The van der Waals surface area contributed by atoms with Gasteiger partial charge in [0, 0.05) is 18.9 Å². The molecular weight excluding hydrogens is 240 g/mol. The summed E-state index contributed by atoms with van der Waals surface area (Å²) in [5.74, 6) is 0. The van der Waals surface area contributed by atoms with Gasteiger partial charge in [0.05, 0.1) is 5.69 Å². The molecule has 0 amide bonds. The molecule has 0 aliphatic rings. The molecule has 1 aromatic heterocycles. The lowest BCUT2D eigenvalue weighted by atomic mass is 10.4. The molecule has 7 heteroatoms. The Morgan fingerprint density at radius 2 is 2.12 bits per heavy atom. The van der Waals surface area contributed by atoms with Gasteiger partial charge in [-0.2, -0.15) is 0 Å². The Morgan fingerprint density at radius 1 is 1.41 bits per heavy atom. The highest BCUT2D eigenvalue weighted by Crippen LogP contribution is 2.10. The van der Waals surface area contributed by atoms with Gasteiger partial charge in [-0.15, -0.1) is 0 Å². The van der Waals surface area contributed by atoms with Gasteiger partial charge >= 0.3 is 0 Å². The molecule has 3 N–H and O–H groups in total. The molecule has 96 valence electrons. The highest BCUT2D eigenvalue weighted by atomic mass is 32.2. The normalized spacial score (nSPS) is 11.9. The molecule has 0 aliphatic heterocycles. The Balaban J connectivity index is 2.57. The Morgan fingerprint density at radius 3 is 2.71 bits per heavy atom. The monoisotopic (exact) mass is 258 g/mol. The van der Waals surface area contributed by atoms with Gasteiger partial charge in [-0.1, -0.05) is 0 Å². The highest BCUT2D eigenvalue weighted by Gasteiger charge is 2.13. The molecule has 0 saturated carbocycles. The van der Waals surface area contributed by atoms with Gasteiger partial charge < -0.3 is 10.6 Å². The lowest BCUT2D eigenvalue weighted by Crippen LogP contribution is -2.27. The molecular formula is C10H18N4O2S. The van der Waals surface area contributed by atoms with Gasteiger partial charge in [0.1, 0.15) is 4.90 Å². The first kappa shape index (κ1) is 13.9. The highest BCUT2D eigenvalue weighted by molar-refractivity contribution is 7.89. The molecule has 6 nitrogen and oxygen atoms in total.